The second-order valence-electron chi connectivity index (χ2n) is 3.00. The van der Waals surface area contributed by atoms with Gasteiger partial charge in [-0.2, -0.15) is 0 Å². The molecule has 1 aromatic rings. The van der Waals surface area contributed by atoms with Crippen molar-refractivity contribution in [1.82, 2.24) is 0 Å². The van der Waals surface area contributed by atoms with E-state index in [1.807, 2.05) is 0 Å². The van der Waals surface area contributed by atoms with Crippen LogP contribution in [0.4, 0.5) is 5.69 Å². The van der Waals surface area contributed by atoms with E-state index in [0.29, 0.717) is 6.29 Å². The lowest BCUT2D eigenvalue weighted by Crippen LogP contribution is -2.11. The van der Waals surface area contributed by atoms with E-state index in [4.69, 9.17) is 4.74 Å². The lowest BCUT2D eigenvalue weighted by molar-refractivity contribution is -0.757. The van der Waals surface area contributed by atoms with Gasteiger partial charge in [-0.3, -0.25) is 14.9 Å². The molecule has 0 radical (unpaired) electrons. The van der Waals surface area contributed by atoms with Crippen molar-refractivity contribution in [2.24, 2.45) is 0 Å². The molecule has 1 aromatic carbocycles. The molecule has 0 aliphatic rings. The van der Waals surface area contributed by atoms with Crippen molar-refractivity contribution in [3.05, 3.63) is 44.0 Å². The first-order chi connectivity index (χ1) is 8.54. The number of carbonyl (C=O) groups excluding carboxylic acids is 1. The number of nitro benzene ring substituents is 1. The highest BCUT2D eigenvalue weighted by Crippen LogP contribution is 2.22. The zero-order valence-corrected chi connectivity index (χ0v) is 8.98. The Kier molecular flexibility index (Phi) is 4.55. The summed E-state index contributed by atoms with van der Waals surface area (Å²) in [5.41, 5.74) is -0.253. The van der Waals surface area contributed by atoms with Gasteiger partial charge in [-0.1, -0.05) is 0 Å². The fourth-order valence-corrected chi connectivity index (χ4v) is 1.14. The number of carbonyl (C=O) groups is 1. The third kappa shape index (κ3) is 3.70. The van der Waals surface area contributed by atoms with Crippen LogP contribution in [-0.4, -0.2) is 29.5 Å². The maximum atomic E-state index is 10.7. The van der Waals surface area contributed by atoms with Crippen LogP contribution in [0.5, 0.6) is 5.75 Å². The third-order valence-electron chi connectivity index (χ3n) is 1.87. The van der Waals surface area contributed by atoms with E-state index >= 15 is 0 Å². The number of non-ortho nitro benzene ring substituents is 1. The van der Waals surface area contributed by atoms with Crippen molar-refractivity contribution in [2.45, 2.75) is 0 Å². The number of benzene rings is 1. The minimum Gasteiger partial charge on any atom is -0.491 e. The lowest BCUT2D eigenvalue weighted by atomic mass is 10.2. The van der Waals surface area contributed by atoms with Gasteiger partial charge in [0.25, 0.3) is 10.8 Å². The summed E-state index contributed by atoms with van der Waals surface area (Å²) in [6.07, 6.45) is 0.399. The molecule has 0 bridgehead atoms. The third-order valence-corrected chi connectivity index (χ3v) is 1.87. The molecular weight excluding hydrogens is 248 g/mol. The van der Waals surface area contributed by atoms with E-state index in [1.165, 1.54) is 6.07 Å². The Balaban J connectivity index is 2.68. The van der Waals surface area contributed by atoms with Gasteiger partial charge in [0.15, 0.2) is 6.29 Å². The zero-order chi connectivity index (χ0) is 13.5. The zero-order valence-electron chi connectivity index (χ0n) is 8.98. The molecule has 0 aliphatic carbocycles. The van der Waals surface area contributed by atoms with Gasteiger partial charge < -0.3 is 9.57 Å². The SMILES string of the molecule is O=Cc1cc([N+](=O)[O-])ccc1OCCO[N+](=O)[O-]. The largest absolute Gasteiger partial charge is 0.491 e. The molecule has 0 fully saturated rings. The van der Waals surface area contributed by atoms with Crippen molar-refractivity contribution in [2.75, 3.05) is 13.2 Å². The first kappa shape index (κ1) is 13.4. The standard InChI is InChI=1S/C9H8N2O7/c12-6-7-5-8(10(13)14)1-2-9(7)17-3-4-18-11(15)16/h1-2,5-6H,3-4H2. The van der Waals surface area contributed by atoms with Crippen LogP contribution in [0.15, 0.2) is 18.2 Å². The van der Waals surface area contributed by atoms with Crippen LogP contribution in [0, 0.1) is 20.2 Å². The van der Waals surface area contributed by atoms with Crippen LogP contribution in [0.25, 0.3) is 0 Å². The molecule has 0 heterocycles. The topological polar surface area (TPSA) is 122 Å². The summed E-state index contributed by atoms with van der Waals surface area (Å²) >= 11 is 0. The predicted molar refractivity (Wildman–Crippen MR) is 56.9 cm³/mol. The minimum atomic E-state index is -0.972. The van der Waals surface area contributed by atoms with Crippen molar-refractivity contribution >= 4 is 12.0 Å². The predicted octanol–water partition coefficient (Wildman–Crippen LogP) is 0.994. The molecule has 0 aliphatic heterocycles. The first-order valence-corrected chi connectivity index (χ1v) is 4.68. The molecular formula is C9H8N2O7. The summed E-state index contributed by atoms with van der Waals surface area (Å²) in [4.78, 5) is 34.4. The van der Waals surface area contributed by atoms with Crippen molar-refractivity contribution in [3.63, 3.8) is 0 Å². The second-order valence-corrected chi connectivity index (χ2v) is 3.00. The van der Waals surface area contributed by atoms with Crippen LogP contribution in [-0.2, 0) is 4.84 Å². The van der Waals surface area contributed by atoms with Crippen molar-refractivity contribution < 1.29 is 24.4 Å². The van der Waals surface area contributed by atoms with E-state index in [2.05, 4.69) is 4.84 Å². The maximum Gasteiger partial charge on any atom is 0.294 e. The van der Waals surface area contributed by atoms with Gasteiger partial charge in [-0.25, -0.2) is 0 Å². The van der Waals surface area contributed by atoms with Crippen LogP contribution in [0.2, 0.25) is 0 Å². The van der Waals surface area contributed by atoms with Gasteiger partial charge in [0, 0.05) is 12.1 Å². The summed E-state index contributed by atoms with van der Waals surface area (Å²) in [5.74, 6) is 0.0996. The monoisotopic (exact) mass is 256 g/mol. The second kappa shape index (κ2) is 6.13. The summed E-state index contributed by atoms with van der Waals surface area (Å²) in [6, 6.07) is 3.46. The Morgan fingerprint density at radius 1 is 1.22 bits per heavy atom. The highest BCUT2D eigenvalue weighted by molar-refractivity contribution is 5.80. The molecule has 0 saturated carbocycles. The molecule has 0 atom stereocenters. The average molecular weight is 256 g/mol. The maximum absolute atomic E-state index is 10.7. The van der Waals surface area contributed by atoms with Crippen molar-refractivity contribution in [1.29, 1.82) is 0 Å². The molecule has 0 N–H and O–H groups in total. The van der Waals surface area contributed by atoms with Crippen LogP contribution in [0.3, 0.4) is 0 Å². The molecule has 0 aromatic heterocycles. The van der Waals surface area contributed by atoms with Gasteiger partial charge in [0.2, 0.25) is 0 Å². The number of rotatable bonds is 7. The van der Waals surface area contributed by atoms with Crippen LogP contribution >= 0.6 is 0 Å². The molecule has 9 nitrogen and oxygen atoms in total. The molecule has 0 saturated heterocycles. The Hall–Kier alpha value is -2.71. The highest BCUT2D eigenvalue weighted by Gasteiger charge is 2.11. The smallest absolute Gasteiger partial charge is 0.294 e. The summed E-state index contributed by atoms with van der Waals surface area (Å²) in [6.45, 7) is -0.456. The molecule has 18 heavy (non-hydrogen) atoms. The quantitative estimate of drug-likeness (QED) is 0.308. The van der Waals surface area contributed by atoms with Gasteiger partial charge in [0.1, 0.15) is 19.0 Å². The Labute approximate surface area is 100 Å². The van der Waals surface area contributed by atoms with E-state index in [9.17, 15) is 25.0 Å². The van der Waals surface area contributed by atoms with Gasteiger partial charge in [-0.05, 0) is 6.07 Å². The normalized spacial score (nSPS) is 9.56. The molecule has 1 rings (SSSR count). The molecule has 0 unspecified atom stereocenters. The fourth-order valence-electron chi connectivity index (χ4n) is 1.14. The summed E-state index contributed by atoms with van der Waals surface area (Å²) < 4.78 is 5.03. The minimum absolute atomic E-state index is 0.00898. The fraction of sp³-hybridized carbons (Fsp3) is 0.222. The number of ether oxygens (including phenoxy) is 1. The number of hydrogen-bond donors (Lipinski definition) is 0. The van der Waals surface area contributed by atoms with Gasteiger partial charge >= 0.3 is 0 Å². The van der Waals surface area contributed by atoms with E-state index < -0.39 is 10.0 Å². The first-order valence-electron chi connectivity index (χ1n) is 4.68. The molecule has 9 heteroatoms. The van der Waals surface area contributed by atoms with E-state index in [-0.39, 0.29) is 30.2 Å². The molecule has 96 valence electrons. The summed E-state index contributed by atoms with van der Waals surface area (Å²) in [7, 11) is 0. The Morgan fingerprint density at radius 2 is 1.94 bits per heavy atom. The van der Waals surface area contributed by atoms with Crippen LogP contribution < -0.4 is 4.74 Å². The van der Waals surface area contributed by atoms with Crippen LogP contribution in [0.1, 0.15) is 10.4 Å². The van der Waals surface area contributed by atoms with Crippen molar-refractivity contribution in [3.8, 4) is 5.75 Å². The summed E-state index contributed by atoms with van der Waals surface area (Å²) in [5, 5.41) is 19.3. The van der Waals surface area contributed by atoms with Gasteiger partial charge in [-0.15, -0.1) is 10.1 Å². The molecule has 0 amide bonds. The average Bonchev–Trinajstić information content (AvgIpc) is 2.34. The highest BCUT2D eigenvalue weighted by atomic mass is 17.0. The Bertz CT molecular complexity index is 474. The molecule has 0 spiro atoms. The van der Waals surface area contributed by atoms with Gasteiger partial charge in [0.05, 0.1) is 10.5 Å². The number of nitrogens with zero attached hydrogens (tertiary/aromatic N) is 2. The lowest BCUT2D eigenvalue weighted by Gasteiger charge is -2.07. The van der Waals surface area contributed by atoms with E-state index in [0.717, 1.165) is 12.1 Å². The number of hydrogen-bond acceptors (Lipinski definition) is 7. The number of aldehydes is 1. The number of nitro groups is 1. The van der Waals surface area contributed by atoms with E-state index in [1.54, 1.807) is 0 Å². The Morgan fingerprint density at radius 3 is 2.50 bits per heavy atom.